The van der Waals surface area contributed by atoms with Gasteiger partial charge in [-0.05, 0) is 73.9 Å². The minimum Gasteiger partial charge on any atom is -0.493 e. The molecule has 2 amide bonds. The number of rotatable bonds is 9. The number of hydrogen-bond donors (Lipinski definition) is 2. The van der Waals surface area contributed by atoms with Crippen molar-refractivity contribution in [1.82, 2.24) is 9.88 Å². The van der Waals surface area contributed by atoms with Crippen LogP contribution in [0.25, 0.3) is 0 Å². The predicted octanol–water partition coefficient (Wildman–Crippen LogP) is 2.97. The van der Waals surface area contributed by atoms with Crippen LogP contribution >= 0.6 is 0 Å². The Hall–Kier alpha value is -4.58. The number of pyridine rings is 1. The zero-order chi connectivity index (χ0) is 26.2. The Kier molecular flexibility index (Phi) is 8.47. The fraction of sp³-hybridized carbons (Fsp3) is 0.259. The number of nitriles is 1. The summed E-state index contributed by atoms with van der Waals surface area (Å²) in [6.07, 6.45) is 0.617. The van der Waals surface area contributed by atoms with Gasteiger partial charge in [0, 0.05) is 23.5 Å². The van der Waals surface area contributed by atoms with Crippen molar-refractivity contribution in [3.8, 4) is 17.6 Å². The molecule has 0 unspecified atom stereocenters. The highest BCUT2D eigenvalue weighted by Gasteiger charge is 2.13. The highest BCUT2D eigenvalue weighted by atomic mass is 16.5. The third kappa shape index (κ3) is 6.10. The monoisotopic (exact) mass is 488 g/mol. The van der Waals surface area contributed by atoms with Crippen molar-refractivity contribution in [3.05, 3.63) is 86.8 Å². The molecule has 9 nitrogen and oxygen atoms in total. The maximum absolute atomic E-state index is 12.5. The Labute approximate surface area is 209 Å². The van der Waals surface area contributed by atoms with Gasteiger partial charge in [-0.1, -0.05) is 6.07 Å². The summed E-state index contributed by atoms with van der Waals surface area (Å²) < 4.78 is 11.8. The van der Waals surface area contributed by atoms with Crippen molar-refractivity contribution in [3.63, 3.8) is 0 Å². The normalized spacial score (nSPS) is 10.3. The van der Waals surface area contributed by atoms with Crippen molar-refractivity contribution >= 4 is 17.5 Å². The molecule has 186 valence electrons. The molecular weight excluding hydrogens is 460 g/mol. The van der Waals surface area contributed by atoms with E-state index in [4.69, 9.17) is 9.47 Å². The molecule has 0 bridgehead atoms. The molecule has 0 aliphatic carbocycles. The topological polar surface area (TPSA) is 122 Å². The first kappa shape index (κ1) is 26.0. The number of aromatic nitrogens is 1. The Bertz CT molecular complexity index is 1370. The van der Waals surface area contributed by atoms with Gasteiger partial charge < -0.3 is 24.7 Å². The number of ether oxygens (including phenoxy) is 2. The van der Waals surface area contributed by atoms with Crippen molar-refractivity contribution in [2.45, 2.75) is 26.8 Å². The average molecular weight is 489 g/mol. The SMILES string of the molecule is COc1ccc(CCNC(=O)c2ccc(NC(=O)Cn3c(C)cc(C)c(C#N)c3=O)cc2)cc1OC. The first-order valence-electron chi connectivity index (χ1n) is 11.3. The second kappa shape index (κ2) is 11.7. The summed E-state index contributed by atoms with van der Waals surface area (Å²) in [4.78, 5) is 37.5. The van der Waals surface area contributed by atoms with Gasteiger partial charge >= 0.3 is 0 Å². The lowest BCUT2D eigenvalue weighted by atomic mass is 10.1. The van der Waals surface area contributed by atoms with Gasteiger partial charge in [-0.25, -0.2) is 0 Å². The van der Waals surface area contributed by atoms with Gasteiger partial charge in [0.25, 0.3) is 11.5 Å². The largest absolute Gasteiger partial charge is 0.493 e. The van der Waals surface area contributed by atoms with E-state index in [1.54, 1.807) is 58.4 Å². The van der Waals surface area contributed by atoms with Crippen molar-refractivity contribution in [1.29, 1.82) is 5.26 Å². The molecule has 0 saturated heterocycles. The van der Waals surface area contributed by atoms with Crippen molar-refractivity contribution < 1.29 is 19.1 Å². The lowest BCUT2D eigenvalue weighted by Crippen LogP contribution is -2.31. The molecule has 0 spiro atoms. The Morgan fingerprint density at radius 1 is 1.00 bits per heavy atom. The van der Waals surface area contributed by atoms with E-state index in [2.05, 4.69) is 10.6 Å². The van der Waals surface area contributed by atoms with E-state index in [1.165, 1.54) is 4.57 Å². The summed E-state index contributed by atoms with van der Waals surface area (Å²) in [6.45, 7) is 3.60. The summed E-state index contributed by atoms with van der Waals surface area (Å²) in [7, 11) is 3.15. The minimum absolute atomic E-state index is 0.0230. The van der Waals surface area contributed by atoms with Gasteiger partial charge in [-0.15, -0.1) is 0 Å². The molecule has 0 radical (unpaired) electrons. The van der Waals surface area contributed by atoms with Crippen LogP contribution in [0.5, 0.6) is 11.5 Å². The average Bonchev–Trinajstić information content (AvgIpc) is 2.87. The number of nitrogens with zero attached hydrogens (tertiary/aromatic N) is 2. The Morgan fingerprint density at radius 3 is 2.33 bits per heavy atom. The van der Waals surface area contributed by atoms with Gasteiger partial charge in [0.05, 0.1) is 14.2 Å². The van der Waals surface area contributed by atoms with Crippen LogP contribution in [0.4, 0.5) is 5.69 Å². The number of hydrogen-bond acceptors (Lipinski definition) is 6. The number of carbonyl (C=O) groups excluding carboxylic acids is 2. The molecular formula is C27H28N4O5. The maximum atomic E-state index is 12.5. The van der Waals surface area contributed by atoms with Crippen molar-refractivity contribution in [2.75, 3.05) is 26.1 Å². The van der Waals surface area contributed by atoms with Crippen LogP contribution in [0.3, 0.4) is 0 Å². The first-order chi connectivity index (χ1) is 17.3. The van der Waals surface area contributed by atoms with E-state index in [0.29, 0.717) is 47.0 Å². The van der Waals surface area contributed by atoms with E-state index in [9.17, 15) is 19.6 Å². The Morgan fingerprint density at radius 2 is 1.69 bits per heavy atom. The second-order valence-electron chi connectivity index (χ2n) is 8.17. The number of anilines is 1. The van der Waals surface area contributed by atoms with E-state index >= 15 is 0 Å². The molecule has 0 fully saturated rings. The molecule has 0 atom stereocenters. The van der Waals surface area contributed by atoms with E-state index in [0.717, 1.165) is 5.56 Å². The van der Waals surface area contributed by atoms with Gasteiger partial charge in [-0.3, -0.25) is 14.4 Å². The van der Waals surface area contributed by atoms with Gasteiger partial charge in [-0.2, -0.15) is 5.26 Å². The molecule has 1 heterocycles. The van der Waals surface area contributed by atoms with Crippen LogP contribution in [-0.2, 0) is 17.8 Å². The summed E-state index contributed by atoms with van der Waals surface area (Å²) in [5, 5.41) is 14.8. The number of amides is 2. The fourth-order valence-electron chi connectivity index (χ4n) is 3.77. The van der Waals surface area contributed by atoms with E-state index in [-0.39, 0.29) is 18.0 Å². The molecule has 3 rings (SSSR count). The van der Waals surface area contributed by atoms with Crippen LogP contribution < -0.4 is 25.7 Å². The van der Waals surface area contributed by atoms with Crippen LogP contribution in [0.1, 0.15) is 32.7 Å². The quantitative estimate of drug-likeness (QED) is 0.478. The molecule has 0 aliphatic rings. The summed E-state index contributed by atoms with van der Waals surface area (Å²) >= 11 is 0. The smallest absolute Gasteiger partial charge is 0.269 e. The van der Waals surface area contributed by atoms with Gasteiger partial charge in [0.1, 0.15) is 18.2 Å². The third-order valence-corrected chi connectivity index (χ3v) is 5.70. The number of methoxy groups -OCH3 is 2. The lowest BCUT2D eigenvalue weighted by Gasteiger charge is -2.12. The fourth-order valence-corrected chi connectivity index (χ4v) is 3.77. The molecule has 36 heavy (non-hydrogen) atoms. The van der Waals surface area contributed by atoms with E-state index in [1.807, 2.05) is 24.3 Å². The van der Waals surface area contributed by atoms with Crippen LogP contribution in [-0.4, -0.2) is 37.1 Å². The highest BCUT2D eigenvalue weighted by molar-refractivity contribution is 5.95. The number of nitrogens with one attached hydrogen (secondary N) is 2. The van der Waals surface area contributed by atoms with E-state index < -0.39 is 11.5 Å². The van der Waals surface area contributed by atoms with Crippen molar-refractivity contribution in [2.24, 2.45) is 0 Å². The predicted molar refractivity (Wildman–Crippen MR) is 136 cm³/mol. The van der Waals surface area contributed by atoms with Crippen LogP contribution in [0.15, 0.2) is 53.3 Å². The van der Waals surface area contributed by atoms with Crippen LogP contribution in [0, 0.1) is 25.2 Å². The van der Waals surface area contributed by atoms with Gasteiger partial charge in [0.2, 0.25) is 5.91 Å². The first-order valence-corrected chi connectivity index (χ1v) is 11.3. The lowest BCUT2D eigenvalue weighted by molar-refractivity contribution is -0.116. The molecule has 3 aromatic rings. The summed E-state index contributed by atoms with van der Waals surface area (Å²) in [6, 6.07) is 15.7. The molecule has 1 aromatic heterocycles. The third-order valence-electron chi connectivity index (χ3n) is 5.70. The maximum Gasteiger partial charge on any atom is 0.269 e. The van der Waals surface area contributed by atoms with Gasteiger partial charge in [0.15, 0.2) is 11.5 Å². The Balaban J connectivity index is 1.56. The highest BCUT2D eigenvalue weighted by Crippen LogP contribution is 2.27. The number of benzene rings is 2. The molecule has 0 aliphatic heterocycles. The standard InChI is InChI=1S/C27H28N4O5/c1-17-13-18(2)31(27(34)22(17)15-28)16-25(32)30-21-8-6-20(7-9-21)26(33)29-12-11-19-5-10-23(35-3)24(14-19)36-4/h5-10,13-14H,11-12,16H2,1-4H3,(H,29,33)(H,30,32). The molecule has 0 saturated carbocycles. The summed E-state index contributed by atoms with van der Waals surface area (Å²) in [5.74, 6) is 0.622. The van der Waals surface area contributed by atoms with Crippen LogP contribution in [0.2, 0.25) is 0 Å². The number of carbonyl (C=O) groups is 2. The number of aryl methyl sites for hydroxylation is 2. The molecule has 2 aromatic carbocycles. The summed E-state index contributed by atoms with van der Waals surface area (Å²) in [5.41, 5.74) is 2.63. The minimum atomic E-state index is -0.495. The second-order valence-corrected chi connectivity index (χ2v) is 8.17. The zero-order valence-electron chi connectivity index (χ0n) is 20.7. The zero-order valence-corrected chi connectivity index (χ0v) is 20.7. The molecule has 2 N–H and O–H groups in total. The molecule has 9 heteroatoms.